The molecule has 2 aromatic carbocycles. The van der Waals surface area contributed by atoms with Crippen molar-refractivity contribution in [2.75, 3.05) is 5.32 Å². The molecular weight excluding hydrogens is 437 g/mol. The van der Waals surface area contributed by atoms with Crippen molar-refractivity contribution in [3.8, 4) is 16.9 Å². The number of aromatic amines is 1. The highest BCUT2D eigenvalue weighted by Gasteiger charge is 2.24. The zero-order valence-electron chi connectivity index (χ0n) is 14.8. The summed E-state index contributed by atoms with van der Waals surface area (Å²) in [4.78, 5) is 12.8. The Labute approximate surface area is 179 Å². The van der Waals surface area contributed by atoms with Crippen LogP contribution >= 0.6 is 34.8 Å². The van der Waals surface area contributed by atoms with Gasteiger partial charge in [0.2, 0.25) is 0 Å². The predicted molar refractivity (Wildman–Crippen MR) is 111 cm³/mol. The maximum Gasteiger partial charge on any atom is 0.278 e. The molecule has 4 aromatic rings. The number of nitrogens with zero attached hydrogens (tertiary/aromatic N) is 5. The normalized spacial score (nSPS) is 10.9. The maximum atomic E-state index is 12.8. The van der Waals surface area contributed by atoms with E-state index >= 15 is 0 Å². The van der Waals surface area contributed by atoms with Gasteiger partial charge < -0.3 is 0 Å². The molecule has 0 spiro atoms. The lowest BCUT2D eigenvalue weighted by atomic mass is 10.1. The number of tetrazole rings is 1. The Bertz CT molecular complexity index is 1190. The zero-order chi connectivity index (χ0) is 20.5. The molecule has 0 radical (unpaired) electrons. The molecule has 1 amide bonds. The van der Waals surface area contributed by atoms with Crippen LogP contribution in [-0.2, 0) is 0 Å². The summed E-state index contributed by atoms with van der Waals surface area (Å²) in [5.41, 5.74) is 2.89. The fourth-order valence-electron chi connectivity index (χ4n) is 2.86. The van der Waals surface area contributed by atoms with Crippen molar-refractivity contribution in [2.24, 2.45) is 0 Å². The second-order valence-electron chi connectivity index (χ2n) is 6.03. The molecule has 146 valence electrons. The standard InChI is InChI=1S/C18H12Cl3N7O/c1-9-15(17(29)22-18-23-26-27-24-18)25-28(14-7-6-12(20)8-13(14)21)16(9)10-2-4-11(19)5-3-10/h2-8H,1H3,(H2,22,23,24,26,27,29). The van der Waals surface area contributed by atoms with E-state index in [1.54, 1.807) is 41.9 Å². The molecule has 0 saturated carbocycles. The second-order valence-corrected chi connectivity index (χ2v) is 7.31. The van der Waals surface area contributed by atoms with Gasteiger partial charge in [-0.05, 0) is 42.5 Å². The number of carbonyl (C=O) groups is 1. The first-order valence-corrected chi connectivity index (χ1v) is 9.43. The van der Waals surface area contributed by atoms with Crippen LogP contribution in [0.25, 0.3) is 16.9 Å². The minimum absolute atomic E-state index is 0.0431. The average Bonchev–Trinajstić information content (AvgIpc) is 3.30. The molecule has 0 saturated heterocycles. The number of anilines is 1. The van der Waals surface area contributed by atoms with Crippen LogP contribution in [0.15, 0.2) is 42.5 Å². The van der Waals surface area contributed by atoms with Crippen LogP contribution in [0.2, 0.25) is 15.1 Å². The lowest BCUT2D eigenvalue weighted by Crippen LogP contribution is -2.15. The van der Waals surface area contributed by atoms with E-state index in [1.165, 1.54) is 0 Å². The quantitative estimate of drug-likeness (QED) is 0.476. The average molecular weight is 449 g/mol. The second kappa shape index (κ2) is 7.82. The van der Waals surface area contributed by atoms with Crippen molar-refractivity contribution in [1.82, 2.24) is 30.4 Å². The highest BCUT2D eigenvalue weighted by atomic mass is 35.5. The molecule has 0 aliphatic heterocycles. The van der Waals surface area contributed by atoms with Crippen molar-refractivity contribution in [3.63, 3.8) is 0 Å². The number of aromatic nitrogens is 6. The summed E-state index contributed by atoms with van der Waals surface area (Å²) >= 11 is 18.5. The number of nitrogens with one attached hydrogen (secondary N) is 2. The number of benzene rings is 2. The summed E-state index contributed by atoms with van der Waals surface area (Å²) in [6, 6.07) is 12.2. The van der Waals surface area contributed by atoms with Crippen LogP contribution in [-0.4, -0.2) is 36.3 Å². The topological polar surface area (TPSA) is 101 Å². The SMILES string of the molecule is Cc1c(C(=O)Nc2nn[nH]n2)nn(-c2ccc(Cl)cc2Cl)c1-c1ccc(Cl)cc1. The third-order valence-corrected chi connectivity index (χ3v) is 4.95. The molecule has 0 aliphatic carbocycles. The number of rotatable bonds is 4. The van der Waals surface area contributed by atoms with Crippen LogP contribution in [0.5, 0.6) is 0 Å². The first-order chi connectivity index (χ1) is 13.9. The van der Waals surface area contributed by atoms with Crippen LogP contribution in [0.1, 0.15) is 16.1 Å². The van der Waals surface area contributed by atoms with Gasteiger partial charge in [0.05, 0.1) is 16.4 Å². The number of hydrogen-bond acceptors (Lipinski definition) is 5. The third-order valence-electron chi connectivity index (χ3n) is 4.16. The Morgan fingerprint density at radius 1 is 1.07 bits per heavy atom. The van der Waals surface area contributed by atoms with Crippen molar-refractivity contribution in [3.05, 3.63) is 68.8 Å². The van der Waals surface area contributed by atoms with Crippen molar-refractivity contribution in [2.45, 2.75) is 6.92 Å². The third kappa shape index (κ3) is 3.82. The largest absolute Gasteiger partial charge is 0.286 e. The van der Waals surface area contributed by atoms with Crippen LogP contribution in [0.4, 0.5) is 5.95 Å². The molecule has 0 aliphatic rings. The van der Waals surface area contributed by atoms with Crippen molar-refractivity contribution < 1.29 is 4.79 Å². The maximum absolute atomic E-state index is 12.8. The van der Waals surface area contributed by atoms with Gasteiger partial charge >= 0.3 is 0 Å². The van der Waals surface area contributed by atoms with Gasteiger partial charge in [0.25, 0.3) is 11.9 Å². The predicted octanol–water partition coefficient (Wildman–Crippen LogP) is 4.57. The number of amides is 1. The number of H-pyrrole nitrogens is 1. The smallest absolute Gasteiger partial charge is 0.278 e. The van der Waals surface area contributed by atoms with Gasteiger partial charge in [0.1, 0.15) is 0 Å². The van der Waals surface area contributed by atoms with E-state index in [0.717, 1.165) is 5.56 Å². The van der Waals surface area contributed by atoms with Gasteiger partial charge in [-0.2, -0.15) is 10.3 Å². The Morgan fingerprint density at radius 3 is 2.45 bits per heavy atom. The summed E-state index contributed by atoms with van der Waals surface area (Å²) in [5, 5.41) is 21.7. The number of carbonyl (C=O) groups excluding carboxylic acids is 1. The first kappa shape index (κ1) is 19.4. The summed E-state index contributed by atoms with van der Waals surface area (Å²) in [6.45, 7) is 1.79. The van der Waals surface area contributed by atoms with Gasteiger partial charge in [-0.25, -0.2) is 4.68 Å². The van der Waals surface area contributed by atoms with E-state index in [1.807, 2.05) is 12.1 Å². The van der Waals surface area contributed by atoms with E-state index in [0.29, 0.717) is 32.0 Å². The van der Waals surface area contributed by atoms with Crippen molar-refractivity contribution >= 4 is 46.7 Å². The molecule has 2 N–H and O–H groups in total. The van der Waals surface area contributed by atoms with E-state index in [9.17, 15) is 4.79 Å². The number of hydrogen-bond donors (Lipinski definition) is 2. The van der Waals surface area contributed by atoms with E-state index < -0.39 is 5.91 Å². The van der Waals surface area contributed by atoms with E-state index in [2.05, 4.69) is 31.0 Å². The molecule has 4 rings (SSSR count). The summed E-state index contributed by atoms with van der Waals surface area (Å²) in [5.74, 6) is -0.440. The molecule has 29 heavy (non-hydrogen) atoms. The molecular formula is C18H12Cl3N7O. The lowest BCUT2D eigenvalue weighted by molar-refractivity contribution is 0.102. The molecule has 0 fully saturated rings. The van der Waals surface area contributed by atoms with Crippen molar-refractivity contribution in [1.29, 1.82) is 0 Å². The number of halogens is 3. The summed E-state index contributed by atoms with van der Waals surface area (Å²) in [6.07, 6.45) is 0. The van der Waals surface area contributed by atoms with E-state index in [-0.39, 0.29) is 11.6 Å². The van der Waals surface area contributed by atoms with Crippen LogP contribution in [0, 0.1) is 6.92 Å². The molecule has 0 bridgehead atoms. The Hall–Kier alpha value is -2.94. The van der Waals surface area contributed by atoms with Crippen LogP contribution in [0.3, 0.4) is 0 Å². The first-order valence-electron chi connectivity index (χ1n) is 8.30. The fourth-order valence-corrected chi connectivity index (χ4v) is 3.48. The van der Waals surface area contributed by atoms with Gasteiger partial charge in [0, 0.05) is 21.2 Å². The molecule has 0 unspecified atom stereocenters. The molecule has 2 heterocycles. The molecule has 11 heteroatoms. The Kier molecular flexibility index (Phi) is 5.23. The highest BCUT2D eigenvalue weighted by Crippen LogP contribution is 2.33. The van der Waals surface area contributed by atoms with Crippen LogP contribution < -0.4 is 5.32 Å². The molecule has 8 nitrogen and oxygen atoms in total. The Morgan fingerprint density at radius 2 is 1.79 bits per heavy atom. The van der Waals surface area contributed by atoms with E-state index in [4.69, 9.17) is 34.8 Å². The van der Waals surface area contributed by atoms with Gasteiger partial charge in [-0.1, -0.05) is 52.0 Å². The van der Waals surface area contributed by atoms with Gasteiger partial charge in [0.15, 0.2) is 5.69 Å². The molecule has 0 atom stereocenters. The zero-order valence-corrected chi connectivity index (χ0v) is 17.1. The summed E-state index contributed by atoms with van der Waals surface area (Å²) in [7, 11) is 0. The monoisotopic (exact) mass is 447 g/mol. The molecule has 2 aromatic heterocycles. The Balaban J connectivity index is 1.88. The van der Waals surface area contributed by atoms with Gasteiger partial charge in [-0.3, -0.25) is 10.1 Å². The van der Waals surface area contributed by atoms with Gasteiger partial charge in [-0.15, -0.1) is 5.10 Å². The highest BCUT2D eigenvalue weighted by molar-refractivity contribution is 6.35. The fraction of sp³-hybridized carbons (Fsp3) is 0.0556. The summed E-state index contributed by atoms with van der Waals surface area (Å²) < 4.78 is 1.60. The minimum atomic E-state index is -0.483. The lowest BCUT2D eigenvalue weighted by Gasteiger charge is -2.11. The minimum Gasteiger partial charge on any atom is -0.286 e.